The maximum Gasteiger partial charge on any atom is 0.242 e. The van der Waals surface area contributed by atoms with Gasteiger partial charge in [0.15, 0.2) is 0 Å². The molecule has 1 amide bonds. The lowest BCUT2D eigenvalue weighted by Gasteiger charge is -2.35. The van der Waals surface area contributed by atoms with E-state index in [1.807, 2.05) is 23.1 Å². The van der Waals surface area contributed by atoms with Gasteiger partial charge in [-0.15, -0.1) is 10.2 Å². The second-order valence-electron chi connectivity index (χ2n) is 7.37. The Balaban J connectivity index is 1.31. The molecule has 7 heteroatoms. The molecule has 5 rings (SSSR count). The average Bonchev–Trinajstić information content (AvgIpc) is 3.44. The van der Waals surface area contributed by atoms with E-state index in [2.05, 4.69) is 38.4 Å². The van der Waals surface area contributed by atoms with Gasteiger partial charge < -0.3 is 9.80 Å². The predicted molar refractivity (Wildman–Crippen MR) is 102 cm³/mol. The molecule has 138 valence electrons. The lowest BCUT2D eigenvalue weighted by molar-refractivity contribution is -0.130. The third-order valence-corrected chi connectivity index (χ3v) is 5.44. The molecule has 2 fully saturated rings. The molecule has 0 spiro atoms. The second kappa shape index (κ2) is 6.64. The fourth-order valence-corrected chi connectivity index (χ4v) is 3.70. The van der Waals surface area contributed by atoms with E-state index in [0.717, 1.165) is 43.1 Å². The zero-order valence-corrected chi connectivity index (χ0v) is 15.2. The van der Waals surface area contributed by atoms with E-state index in [1.165, 1.54) is 18.4 Å². The Hall–Kier alpha value is -2.96. The van der Waals surface area contributed by atoms with Crippen LogP contribution in [-0.2, 0) is 11.2 Å². The molecule has 0 N–H and O–H groups in total. The number of piperazine rings is 1. The Kier molecular flexibility index (Phi) is 3.99. The van der Waals surface area contributed by atoms with Crippen LogP contribution in [0.15, 0.2) is 42.7 Å². The van der Waals surface area contributed by atoms with Crippen LogP contribution in [0.5, 0.6) is 0 Å². The van der Waals surface area contributed by atoms with Crippen LogP contribution in [0.4, 0.5) is 5.69 Å². The molecule has 2 aliphatic rings. The molecule has 0 atom stereocenters. The Morgan fingerprint density at radius 3 is 2.74 bits per heavy atom. The summed E-state index contributed by atoms with van der Waals surface area (Å²) in [5.41, 5.74) is 4.04. The minimum atomic E-state index is 0.166. The second-order valence-corrected chi connectivity index (χ2v) is 7.37. The first kappa shape index (κ1) is 16.2. The van der Waals surface area contributed by atoms with Gasteiger partial charge in [0.1, 0.15) is 6.33 Å². The third-order valence-electron chi connectivity index (χ3n) is 5.44. The zero-order valence-electron chi connectivity index (χ0n) is 15.2. The Labute approximate surface area is 157 Å². The van der Waals surface area contributed by atoms with Crippen molar-refractivity contribution in [2.45, 2.75) is 25.2 Å². The van der Waals surface area contributed by atoms with Gasteiger partial charge in [0.25, 0.3) is 0 Å². The number of hydrogen-bond donors (Lipinski definition) is 0. The molecule has 0 bridgehead atoms. The molecular formula is C20H22N6O. The molecular weight excluding hydrogens is 340 g/mol. The van der Waals surface area contributed by atoms with Crippen LogP contribution in [0, 0.1) is 0 Å². The molecule has 3 aromatic rings. The van der Waals surface area contributed by atoms with Gasteiger partial charge in [-0.05, 0) is 30.9 Å². The molecule has 7 nitrogen and oxygen atoms in total. The normalized spacial score (nSPS) is 17.7. The van der Waals surface area contributed by atoms with Crippen LogP contribution in [0.1, 0.15) is 30.0 Å². The molecule has 0 radical (unpaired) electrons. The zero-order chi connectivity index (χ0) is 18.2. The first-order valence-electron chi connectivity index (χ1n) is 9.55. The lowest BCUT2D eigenvalue weighted by Crippen LogP contribution is -2.51. The van der Waals surface area contributed by atoms with Gasteiger partial charge in [0, 0.05) is 25.6 Å². The largest absolute Gasteiger partial charge is 0.357 e. The summed E-state index contributed by atoms with van der Waals surface area (Å²) in [6, 6.07) is 12.4. The minimum Gasteiger partial charge on any atom is -0.357 e. The molecule has 0 unspecified atom stereocenters. The van der Waals surface area contributed by atoms with Gasteiger partial charge in [0.2, 0.25) is 11.6 Å². The number of rotatable bonds is 5. The van der Waals surface area contributed by atoms with E-state index in [1.54, 1.807) is 10.8 Å². The summed E-state index contributed by atoms with van der Waals surface area (Å²) in [5.74, 6) is 0.707. The molecule has 1 saturated carbocycles. The smallest absolute Gasteiger partial charge is 0.242 e. The fourth-order valence-electron chi connectivity index (χ4n) is 3.70. The summed E-state index contributed by atoms with van der Waals surface area (Å²) < 4.78 is 1.75. The number of carbonyl (C=O) groups excluding carboxylic acids is 1. The van der Waals surface area contributed by atoms with Crippen molar-refractivity contribution in [2.75, 3.05) is 31.1 Å². The fraction of sp³-hybridized carbons (Fsp3) is 0.400. The molecule has 1 aliphatic heterocycles. The topological polar surface area (TPSA) is 66.6 Å². The minimum absolute atomic E-state index is 0.166. The number of anilines is 1. The quantitative estimate of drug-likeness (QED) is 0.693. The number of fused-ring (bicyclic) bond motifs is 1. The monoisotopic (exact) mass is 362 g/mol. The summed E-state index contributed by atoms with van der Waals surface area (Å²) in [6.07, 6.45) is 4.91. The van der Waals surface area contributed by atoms with Gasteiger partial charge >= 0.3 is 0 Å². The summed E-state index contributed by atoms with van der Waals surface area (Å²) in [7, 11) is 0. The van der Waals surface area contributed by atoms with Crippen molar-refractivity contribution in [1.82, 2.24) is 24.7 Å². The van der Waals surface area contributed by atoms with Crippen molar-refractivity contribution >= 4 is 17.2 Å². The standard InChI is InChI=1S/C20H22N6O/c27-19-13-25(11-10-24(19)9-8-15-4-2-1-3-5-15)18-12-17(16-6-7-16)23-26-14-21-22-20(18)26/h1-5,12,14,16H,6-11,13H2. The van der Waals surface area contributed by atoms with Gasteiger partial charge in [-0.3, -0.25) is 4.79 Å². The number of nitrogens with zero attached hydrogens (tertiary/aromatic N) is 6. The van der Waals surface area contributed by atoms with Crippen molar-refractivity contribution in [3.05, 3.63) is 54.0 Å². The Bertz CT molecular complexity index is 965. The molecule has 1 aliphatic carbocycles. The maximum atomic E-state index is 12.7. The van der Waals surface area contributed by atoms with Crippen molar-refractivity contribution in [3.63, 3.8) is 0 Å². The highest BCUT2D eigenvalue weighted by Crippen LogP contribution is 2.40. The Morgan fingerprint density at radius 2 is 1.96 bits per heavy atom. The van der Waals surface area contributed by atoms with Crippen LogP contribution < -0.4 is 4.90 Å². The van der Waals surface area contributed by atoms with Crippen molar-refractivity contribution in [1.29, 1.82) is 0 Å². The summed E-state index contributed by atoms with van der Waals surface area (Å²) in [6.45, 7) is 2.68. The first-order chi connectivity index (χ1) is 13.3. The van der Waals surface area contributed by atoms with Crippen molar-refractivity contribution in [2.24, 2.45) is 0 Å². The third kappa shape index (κ3) is 3.25. The van der Waals surface area contributed by atoms with Crippen LogP contribution >= 0.6 is 0 Å². The van der Waals surface area contributed by atoms with Gasteiger partial charge in [0.05, 0.1) is 17.9 Å². The van der Waals surface area contributed by atoms with E-state index >= 15 is 0 Å². The maximum absolute atomic E-state index is 12.7. The number of benzene rings is 1. The van der Waals surface area contributed by atoms with Crippen molar-refractivity contribution < 1.29 is 4.79 Å². The number of hydrogen-bond acceptors (Lipinski definition) is 5. The SMILES string of the molecule is O=C1CN(c2cc(C3CC3)nn3cnnc23)CCN1CCc1ccccc1. The highest BCUT2D eigenvalue weighted by atomic mass is 16.2. The molecule has 1 saturated heterocycles. The Morgan fingerprint density at radius 1 is 1.11 bits per heavy atom. The van der Waals surface area contributed by atoms with Crippen LogP contribution in [-0.4, -0.2) is 56.8 Å². The first-order valence-corrected chi connectivity index (χ1v) is 9.55. The van der Waals surface area contributed by atoms with E-state index in [0.29, 0.717) is 12.5 Å². The number of amides is 1. The highest BCUT2D eigenvalue weighted by Gasteiger charge is 2.30. The average molecular weight is 362 g/mol. The molecule has 27 heavy (non-hydrogen) atoms. The van der Waals surface area contributed by atoms with E-state index < -0.39 is 0 Å². The number of carbonyl (C=O) groups is 1. The van der Waals surface area contributed by atoms with Gasteiger partial charge in [-0.1, -0.05) is 30.3 Å². The van der Waals surface area contributed by atoms with E-state index in [-0.39, 0.29) is 5.91 Å². The van der Waals surface area contributed by atoms with Gasteiger partial charge in [-0.2, -0.15) is 9.61 Å². The molecule has 3 heterocycles. The van der Waals surface area contributed by atoms with Crippen molar-refractivity contribution in [3.8, 4) is 0 Å². The van der Waals surface area contributed by atoms with Gasteiger partial charge in [-0.25, -0.2) is 0 Å². The molecule has 1 aromatic carbocycles. The summed E-state index contributed by atoms with van der Waals surface area (Å²) in [4.78, 5) is 16.8. The van der Waals surface area contributed by atoms with Crippen LogP contribution in [0.25, 0.3) is 5.65 Å². The van der Waals surface area contributed by atoms with Crippen LogP contribution in [0.2, 0.25) is 0 Å². The van der Waals surface area contributed by atoms with Crippen LogP contribution in [0.3, 0.4) is 0 Å². The van der Waals surface area contributed by atoms with E-state index in [9.17, 15) is 4.79 Å². The summed E-state index contributed by atoms with van der Waals surface area (Å²) in [5, 5.41) is 12.8. The lowest BCUT2D eigenvalue weighted by atomic mass is 10.1. The predicted octanol–water partition coefficient (Wildman–Crippen LogP) is 1.89. The van der Waals surface area contributed by atoms with E-state index in [4.69, 9.17) is 0 Å². The summed E-state index contributed by atoms with van der Waals surface area (Å²) >= 11 is 0. The molecule has 2 aromatic heterocycles. The highest BCUT2D eigenvalue weighted by molar-refractivity contribution is 5.85. The number of aromatic nitrogens is 4.